The molecular weight excluding hydrogens is 394 g/mol. The van der Waals surface area contributed by atoms with Crippen LogP contribution >= 0.6 is 0 Å². The van der Waals surface area contributed by atoms with Crippen LogP contribution in [0.25, 0.3) is 0 Å². The highest BCUT2D eigenvalue weighted by Crippen LogP contribution is 2.23. The van der Waals surface area contributed by atoms with Crippen LogP contribution in [0, 0.1) is 0 Å². The van der Waals surface area contributed by atoms with Gasteiger partial charge in [-0.3, -0.25) is 0 Å². The lowest BCUT2D eigenvalue weighted by Gasteiger charge is -2.25. The van der Waals surface area contributed by atoms with Crippen molar-refractivity contribution >= 4 is 5.96 Å². The van der Waals surface area contributed by atoms with E-state index >= 15 is 0 Å². The van der Waals surface area contributed by atoms with E-state index in [0.29, 0.717) is 25.1 Å². The molecule has 4 rings (SSSR count). The first-order valence-corrected chi connectivity index (χ1v) is 11.3. The summed E-state index contributed by atoms with van der Waals surface area (Å²) in [5.41, 5.74) is 1.09. The Bertz CT molecular complexity index is 876. The van der Waals surface area contributed by atoms with Crippen molar-refractivity contribution in [3.05, 3.63) is 35.5 Å². The zero-order valence-corrected chi connectivity index (χ0v) is 18.5. The van der Waals surface area contributed by atoms with Crippen molar-refractivity contribution in [1.82, 2.24) is 30.4 Å². The number of aliphatic imine (C=N–C) groups is 1. The molecule has 0 spiro atoms. The predicted octanol–water partition coefficient (Wildman–Crippen LogP) is 2.21. The maximum atomic E-state index is 6.03. The molecule has 0 saturated heterocycles. The monoisotopic (exact) mass is 427 g/mol. The SMILES string of the molecule is CCNC(=NCc1ccnc(OC2CCCC2)c1)NC1CCc2nc(COC)nn2C1. The first-order chi connectivity index (χ1) is 15.2. The molecule has 0 aromatic carbocycles. The Morgan fingerprint density at radius 3 is 2.97 bits per heavy atom. The number of aromatic nitrogens is 4. The van der Waals surface area contributed by atoms with Crippen LogP contribution in [-0.4, -0.2) is 51.5 Å². The van der Waals surface area contributed by atoms with Crippen molar-refractivity contribution in [3.8, 4) is 5.88 Å². The molecule has 2 aromatic rings. The molecule has 0 amide bonds. The number of rotatable bonds is 8. The number of guanidine groups is 1. The van der Waals surface area contributed by atoms with Crippen LogP contribution in [0.2, 0.25) is 0 Å². The third-order valence-corrected chi connectivity index (χ3v) is 5.67. The van der Waals surface area contributed by atoms with Gasteiger partial charge in [0.15, 0.2) is 11.8 Å². The molecule has 31 heavy (non-hydrogen) atoms. The van der Waals surface area contributed by atoms with Crippen LogP contribution in [0.5, 0.6) is 5.88 Å². The lowest BCUT2D eigenvalue weighted by atomic mass is 10.1. The average molecular weight is 428 g/mol. The van der Waals surface area contributed by atoms with Gasteiger partial charge in [-0.1, -0.05) is 0 Å². The number of hydrogen-bond donors (Lipinski definition) is 2. The first kappa shape index (κ1) is 21.5. The molecule has 3 heterocycles. The summed E-state index contributed by atoms with van der Waals surface area (Å²) < 4.78 is 13.2. The summed E-state index contributed by atoms with van der Waals surface area (Å²) in [5.74, 6) is 3.28. The molecule has 168 valence electrons. The minimum Gasteiger partial charge on any atom is -0.474 e. The minimum absolute atomic E-state index is 0.251. The van der Waals surface area contributed by atoms with E-state index in [2.05, 4.69) is 32.6 Å². The van der Waals surface area contributed by atoms with Gasteiger partial charge in [-0.25, -0.2) is 19.6 Å². The van der Waals surface area contributed by atoms with Crippen LogP contribution in [0.15, 0.2) is 23.3 Å². The fraction of sp³-hybridized carbons (Fsp3) is 0.636. The first-order valence-electron chi connectivity index (χ1n) is 11.3. The zero-order chi connectivity index (χ0) is 21.5. The molecule has 2 aliphatic rings. The number of fused-ring (bicyclic) bond motifs is 1. The third-order valence-electron chi connectivity index (χ3n) is 5.67. The smallest absolute Gasteiger partial charge is 0.213 e. The second kappa shape index (κ2) is 10.6. The second-order valence-corrected chi connectivity index (χ2v) is 8.16. The number of ether oxygens (including phenoxy) is 2. The molecule has 0 bridgehead atoms. The van der Waals surface area contributed by atoms with Gasteiger partial charge in [-0.05, 0) is 50.7 Å². The highest BCUT2D eigenvalue weighted by Gasteiger charge is 2.22. The summed E-state index contributed by atoms with van der Waals surface area (Å²) in [4.78, 5) is 13.7. The fourth-order valence-corrected chi connectivity index (χ4v) is 4.14. The molecule has 1 fully saturated rings. The largest absolute Gasteiger partial charge is 0.474 e. The van der Waals surface area contributed by atoms with Crippen molar-refractivity contribution in [2.75, 3.05) is 13.7 Å². The van der Waals surface area contributed by atoms with Crippen molar-refractivity contribution < 1.29 is 9.47 Å². The van der Waals surface area contributed by atoms with Crippen LogP contribution in [0.3, 0.4) is 0 Å². The highest BCUT2D eigenvalue weighted by atomic mass is 16.5. The Morgan fingerprint density at radius 2 is 2.16 bits per heavy atom. The second-order valence-electron chi connectivity index (χ2n) is 8.16. The van der Waals surface area contributed by atoms with Gasteiger partial charge in [0, 0.05) is 38.4 Å². The quantitative estimate of drug-likeness (QED) is 0.492. The number of aryl methyl sites for hydroxylation is 1. The van der Waals surface area contributed by atoms with Gasteiger partial charge in [0.05, 0.1) is 13.1 Å². The average Bonchev–Trinajstić information content (AvgIpc) is 3.42. The van der Waals surface area contributed by atoms with Gasteiger partial charge >= 0.3 is 0 Å². The molecule has 1 aliphatic carbocycles. The summed E-state index contributed by atoms with van der Waals surface area (Å²) in [5, 5.41) is 11.5. The number of nitrogens with zero attached hydrogens (tertiary/aromatic N) is 5. The molecule has 1 atom stereocenters. The molecular formula is C22H33N7O2. The summed E-state index contributed by atoms with van der Waals surface area (Å²) in [7, 11) is 1.66. The Morgan fingerprint density at radius 1 is 1.29 bits per heavy atom. The van der Waals surface area contributed by atoms with Crippen molar-refractivity contribution in [2.45, 2.75) is 77.3 Å². The minimum atomic E-state index is 0.251. The fourth-order valence-electron chi connectivity index (χ4n) is 4.14. The van der Waals surface area contributed by atoms with E-state index in [1.165, 1.54) is 12.8 Å². The molecule has 2 N–H and O–H groups in total. The molecule has 9 nitrogen and oxygen atoms in total. The normalized spacial score (nSPS) is 19.3. The van der Waals surface area contributed by atoms with E-state index < -0.39 is 0 Å². The molecule has 1 saturated carbocycles. The number of pyridine rings is 1. The summed E-state index contributed by atoms with van der Waals surface area (Å²) in [6.45, 7) is 4.66. The number of methoxy groups -OCH3 is 1. The van der Waals surface area contributed by atoms with E-state index in [0.717, 1.165) is 61.9 Å². The summed E-state index contributed by atoms with van der Waals surface area (Å²) >= 11 is 0. The van der Waals surface area contributed by atoms with Crippen LogP contribution < -0.4 is 15.4 Å². The van der Waals surface area contributed by atoms with E-state index in [9.17, 15) is 0 Å². The molecule has 2 aromatic heterocycles. The molecule has 1 aliphatic heterocycles. The van der Waals surface area contributed by atoms with Gasteiger partial charge in [0.2, 0.25) is 5.88 Å². The maximum Gasteiger partial charge on any atom is 0.213 e. The Kier molecular flexibility index (Phi) is 7.35. The van der Waals surface area contributed by atoms with E-state index in [4.69, 9.17) is 14.5 Å². The molecule has 1 unspecified atom stereocenters. The molecule has 0 radical (unpaired) electrons. The van der Waals surface area contributed by atoms with Gasteiger partial charge in [-0.2, -0.15) is 5.10 Å². The Labute approximate surface area is 183 Å². The van der Waals surface area contributed by atoms with Gasteiger partial charge in [-0.15, -0.1) is 0 Å². The lowest BCUT2D eigenvalue weighted by Crippen LogP contribution is -2.47. The van der Waals surface area contributed by atoms with Crippen LogP contribution in [0.1, 0.15) is 56.2 Å². The standard InChI is InChI=1S/C22H33N7O2/c1-3-23-22(26-17-8-9-20-27-19(15-30-2)28-29(20)14-17)25-13-16-10-11-24-21(12-16)31-18-6-4-5-7-18/h10-12,17-18H,3-9,13-15H2,1-2H3,(H2,23,25,26). The van der Waals surface area contributed by atoms with Crippen molar-refractivity contribution in [3.63, 3.8) is 0 Å². The predicted molar refractivity (Wildman–Crippen MR) is 118 cm³/mol. The van der Waals surface area contributed by atoms with Crippen molar-refractivity contribution in [2.24, 2.45) is 4.99 Å². The third kappa shape index (κ3) is 5.94. The summed E-state index contributed by atoms with van der Waals surface area (Å²) in [6.07, 6.45) is 8.74. The van der Waals surface area contributed by atoms with E-state index in [-0.39, 0.29) is 6.04 Å². The summed E-state index contributed by atoms with van der Waals surface area (Å²) in [6, 6.07) is 4.25. The van der Waals surface area contributed by atoms with E-state index in [1.54, 1.807) is 13.3 Å². The van der Waals surface area contributed by atoms with Crippen LogP contribution in [0.4, 0.5) is 0 Å². The van der Waals surface area contributed by atoms with Gasteiger partial charge < -0.3 is 20.1 Å². The Balaban J connectivity index is 1.36. The number of hydrogen-bond acceptors (Lipinski definition) is 6. The van der Waals surface area contributed by atoms with Crippen molar-refractivity contribution in [1.29, 1.82) is 0 Å². The maximum absolute atomic E-state index is 6.03. The van der Waals surface area contributed by atoms with E-state index in [1.807, 2.05) is 16.8 Å². The van der Waals surface area contributed by atoms with Crippen LogP contribution in [-0.2, 0) is 30.9 Å². The highest BCUT2D eigenvalue weighted by molar-refractivity contribution is 5.80. The van der Waals surface area contributed by atoms with Gasteiger partial charge in [0.25, 0.3) is 0 Å². The van der Waals surface area contributed by atoms with Gasteiger partial charge in [0.1, 0.15) is 18.5 Å². The Hall–Kier alpha value is -2.68. The topological polar surface area (TPSA) is 98.5 Å². The zero-order valence-electron chi connectivity index (χ0n) is 18.5. The lowest BCUT2D eigenvalue weighted by molar-refractivity contribution is 0.177. The molecule has 9 heteroatoms. The number of nitrogens with one attached hydrogen (secondary N) is 2.